The lowest BCUT2D eigenvalue weighted by molar-refractivity contribution is 1.17. The second-order valence-corrected chi connectivity index (χ2v) is 13.4. The van der Waals surface area contributed by atoms with Crippen LogP contribution in [-0.4, -0.2) is 19.1 Å². The first-order chi connectivity index (χ1) is 25.8. The minimum atomic E-state index is 0.728. The Morgan fingerprint density at radius 1 is 0.327 bits per heavy atom. The third kappa shape index (κ3) is 4.34. The summed E-state index contributed by atoms with van der Waals surface area (Å²) >= 11 is 0. The van der Waals surface area contributed by atoms with Crippen molar-refractivity contribution in [3.05, 3.63) is 182 Å². The van der Waals surface area contributed by atoms with E-state index < -0.39 is 0 Å². The van der Waals surface area contributed by atoms with Crippen molar-refractivity contribution in [3.63, 3.8) is 0 Å². The first-order valence-electron chi connectivity index (χ1n) is 17.7. The molecule has 0 fully saturated rings. The van der Waals surface area contributed by atoms with Gasteiger partial charge in [-0.3, -0.25) is 0 Å². The Morgan fingerprint density at radius 3 is 1.63 bits per heavy atom. The first-order valence-corrected chi connectivity index (χ1v) is 17.7. The van der Waals surface area contributed by atoms with Crippen molar-refractivity contribution in [3.8, 4) is 34.0 Å². The summed E-state index contributed by atoms with van der Waals surface area (Å²) in [5, 5.41) is 8.48. The van der Waals surface area contributed by atoms with E-state index in [0.717, 1.165) is 44.9 Å². The van der Waals surface area contributed by atoms with Crippen LogP contribution in [0, 0.1) is 0 Å². The van der Waals surface area contributed by atoms with Gasteiger partial charge in [0.2, 0.25) is 0 Å². The van der Waals surface area contributed by atoms with Gasteiger partial charge in [0.25, 0.3) is 0 Å². The monoisotopic (exact) mass is 662 g/mol. The average molecular weight is 663 g/mol. The van der Waals surface area contributed by atoms with Crippen LogP contribution in [0.5, 0.6) is 0 Å². The van der Waals surface area contributed by atoms with E-state index in [1.54, 1.807) is 0 Å². The Labute approximate surface area is 299 Å². The SMILES string of the molecule is c1ccc(-c2nc(-c3ccc(-n4c5ccccc5c5cc6c7ccccc7n(-c7ccc8ccccc8c7)c6cc54)cc3)c3ccccc3n2)cc1. The van der Waals surface area contributed by atoms with Crippen LogP contribution in [-0.2, 0) is 0 Å². The molecule has 0 atom stereocenters. The second-order valence-electron chi connectivity index (χ2n) is 13.4. The van der Waals surface area contributed by atoms with Gasteiger partial charge in [0.05, 0.1) is 33.3 Å². The number of aromatic nitrogens is 4. The molecule has 0 radical (unpaired) electrons. The van der Waals surface area contributed by atoms with Crippen LogP contribution in [0.3, 0.4) is 0 Å². The number of rotatable bonds is 4. The van der Waals surface area contributed by atoms with Gasteiger partial charge >= 0.3 is 0 Å². The summed E-state index contributed by atoms with van der Waals surface area (Å²) in [4.78, 5) is 10.1. The van der Waals surface area contributed by atoms with Crippen LogP contribution in [0.4, 0.5) is 0 Å². The minimum absolute atomic E-state index is 0.728. The molecule has 3 heterocycles. The maximum Gasteiger partial charge on any atom is 0.160 e. The maximum atomic E-state index is 5.13. The lowest BCUT2D eigenvalue weighted by Crippen LogP contribution is -1.97. The Balaban J connectivity index is 1.13. The molecule has 0 aliphatic rings. The predicted octanol–water partition coefficient (Wildman–Crippen LogP) is 12.3. The highest BCUT2D eigenvalue weighted by molar-refractivity contribution is 6.19. The van der Waals surface area contributed by atoms with Crippen molar-refractivity contribution < 1.29 is 0 Å². The van der Waals surface area contributed by atoms with E-state index >= 15 is 0 Å². The standard InChI is InChI=1S/C48H30N4/c1-2-13-33(14-3-1)48-49-42-19-9-6-18-39(42)47(50-48)32-23-25-35(26-24-32)51-43-20-10-7-16-37(43)40-29-41-38-17-8-11-21-44(38)52(46(41)30-45(40)51)36-27-22-31-12-4-5-15-34(31)28-36/h1-30H. The lowest BCUT2D eigenvalue weighted by atomic mass is 10.0. The zero-order valence-electron chi connectivity index (χ0n) is 28.1. The fraction of sp³-hybridized carbons (Fsp3) is 0. The summed E-state index contributed by atoms with van der Waals surface area (Å²) in [7, 11) is 0. The van der Waals surface area contributed by atoms with Crippen LogP contribution in [0.2, 0.25) is 0 Å². The van der Waals surface area contributed by atoms with E-state index in [9.17, 15) is 0 Å². The molecule has 4 heteroatoms. The van der Waals surface area contributed by atoms with Gasteiger partial charge in [0.15, 0.2) is 5.82 Å². The van der Waals surface area contributed by atoms with E-state index in [2.05, 4.69) is 167 Å². The number of benzene rings is 8. The number of hydrogen-bond acceptors (Lipinski definition) is 2. The molecule has 4 nitrogen and oxygen atoms in total. The fourth-order valence-corrected chi connectivity index (χ4v) is 8.08. The molecule has 0 N–H and O–H groups in total. The summed E-state index contributed by atoms with van der Waals surface area (Å²) in [6, 6.07) is 65.0. The molecule has 3 aromatic heterocycles. The third-order valence-corrected chi connectivity index (χ3v) is 10.5. The molecule has 0 bridgehead atoms. The van der Waals surface area contributed by atoms with Crippen molar-refractivity contribution in [1.82, 2.24) is 19.1 Å². The van der Waals surface area contributed by atoms with Gasteiger partial charge in [-0.05, 0) is 65.4 Å². The Kier molecular flexibility index (Phi) is 6.22. The largest absolute Gasteiger partial charge is 0.309 e. The molecule has 0 unspecified atom stereocenters. The zero-order valence-corrected chi connectivity index (χ0v) is 28.1. The Morgan fingerprint density at radius 2 is 0.904 bits per heavy atom. The number of nitrogens with zero attached hydrogens (tertiary/aromatic N) is 4. The minimum Gasteiger partial charge on any atom is -0.309 e. The quantitative estimate of drug-likeness (QED) is 0.188. The van der Waals surface area contributed by atoms with Crippen molar-refractivity contribution in [2.75, 3.05) is 0 Å². The molecular formula is C48H30N4. The fourth-order valence-electron chi connectivity index (χ4n) is 8.08. The molecule has 11 aromatic rings. The Bertz CT molecular complexity index is 3170. The van der Waals surface area contributed by atoms with Gasteiger partial charge in [-0.2, -0.15) is 0 Å². The summed E-state index contributed by atoms with van der Waals surface area (Å²) < 4.78 is 4.83. The lowest BCUT2D eigenvalue weighted by Gasteiger charge is -2.12. The maximum absolute atomic E-state index is 5.13. The van der Waals surface area contributed by atoms with Crippen LogP contribution in [0.1, 0.15) is 0 Å². The molecule has 0 amide bonds. The summed E-state index contributed by atoms with van der Waals surface area (Å²) in [5.74, 6) is 0.728. The number of hydrogen-bond donors (Lipinski definition) is 0. The Hall–Kier alpha value is -7.04. The van der Waals surface area contributed by atoms with Crippen LogP contribution in [0.15, 0.2) is 182 Å². The van der Waals surface area contributed by atoms with Gasteiger partial charge in [-0.1, -0.05) is 127 Å². The van der Waals surface area contributed by atoms with Gasteiger partial charge < -0.3 is 9.13 Å². The summed E-state index contributed by atoms with van der Waals surface area (Å²) in [6.45, 7) is 0. The van der Waals surface area contributed by atoms with Gasteiger partial charge in [-0.25, -0.2) is 9.97 Å². The highest BCUT2D eigenvalue weighted by Gasteiger charge is 2.19. The second kappa shape index (κ2) is 11.2. The van der Waals surface area contributed by atoms with Gasteiger partial charge in [-0.15, -0.1) is 0 Å². The van der Waals surface area contributed by atoms with Crippen molar-refractivity contribution in [2.45, 2.75) is 0 Å². The normalized spacial score (nSPS) is 11.8. The van der Waals surface area contributed by atoms with Crippen LogP contribution >= 0.6 is 0 Å². The molecule has 0 saturated carbocycles. The molecule has 8 aromatic carbocycles. The van der Waals surface area contributed by atoms with Crippen LogP contribution < -0.4 is 0 Å². The molecule has 0 aliphatic heterocycles. The van der Waals surface area contributed by atoms with E-state index in [0.29, 0.717) is 0 Å². The number of para-hydroxylation sites is 3. The van der Waals surface area contributed by atoms with Crippen molar-refractivity contribution >= 4 is 65.3 Å². The average Bonchev–Trinajstić information content (AvgIpc) is 3.71. The topological polar surface area (TPSA) is 35.6 Å². The predicted molar refractivity (Wildman–Crippen MR) is 217 cm³/mol. The van der Waals surface area contributed by atoms with Crippen molar-refractivity contribution in [2.24, 2.45) is 0 Å². The van der Waals surface area contributed by atoms with E-state index in [-0.39, 0.29) is 0 Å². The van der Waals surface area contributed by atoms with E-state index in [1.807, 2.05) is 24.3 Å². The van der Waals surface area contributed by atoms with Gasteiger partial charge in [0, 0.05) is 49.4 Å². The van der Waals surface area contributed by atoms with Crippen LogP contribution in [0.25, 0.3) is 99.3 Å². The molecule has 0 aliphatic carbocycles. The number of fused-ring (bicyclic) bond motifs is 8. The molecule has 0 spiro atoms. The summed E-state index contributed by atoms with van der Waals surface area (Å²) in [6.07, 6.45) is 0. The van der Waals surface area contributed by atoms with E-state index in [4.69, 9.17) is 9.97 Å². The zero-order chi connectivity index (χ0) is 34.2. The first kappa shape index (κ1) is 28.8. The molecule has 11 rings (SSSR count). The highest BCUT2D eigenvalue weighted by atomic mass is 15.0. The summed E-state index contributed by atoms with van der Waals surface area (Å²) in [5.41, 5.74) is 10.9. The smallest absolute Gasteiger partial charge is 0.160 e. The van der Waals surface area contributed by atoms with E-state index in [1.165, 1.54) is 54.4 Å². The molecule has 52 heavy (non-hydrogen) atoms. The molecule has 0 saturated heterocycles. The molecular weight excluding hydrogens is 633 g/mol. The van der Waals surface area contributed by atoms with Crippen molar-refractivity contribution in [1.29, 1.82) is 0 Å². The molecule has 242 valence electrons. The third-order valence-electron chi connectivity index (χ3n) is 10.5. The highest BCUT2D eigenvalue weighted by Crippen LogP contribution is 2.40. The van der Waals surface area contributed by atoms with Gasteiger partial charge in [0.1, 0.15) is 0 Å².